The van der Waals surface area contributed by atoms with Crippen LogP contribution in [0.25, 0.3) is 0 Å². The quantitative estimate of drug-likeness (QED) is 0.420. The maximum Gasteiger partial charge on any atom is 0.222 e. The molecule has 1 amide bonds. The Hall–Kier alpha value is 0.130. The fourth-order valence-corrected chi connectivity index (χ4v) is 3.32. The van der Waals surface area contributed by atoms with E-state index in [1.54, 1.807) is 0 Å². The lowest BCUT2D eigenvalue weighted by Crippen LogP contribution is -2.37. The van der Waals surface area contributed by atoms with E-state index in [0.717, 1.165) is 38.9 Å². The number of thiol groups is 1. The van der Waals surface area contributed by atoms with E-state index in [4.69, 9.17) is 0 Å². The second kappa shape index (κ2) is 3.94. The molecule has 2 aliphatic heterocycles. The molecule has 0 saturated carbocycles. The van der Waals surface area contributed by atoms with Crippen LogP contribution in [0.3, 0.4) is 0 Å². The fraction of sp³-hybridized carbons (Fsp3) is 0.889. The monoisotopic (exact) mass is 232 g/mol. The number of hydrogen-bond acceptors (Lipinski definition) is 4. The molecule has 0 bridgehead atoms. The molecular weight excluding hydrogens is 216 g/mol. The first-order valence-corrected chi connectivity index (χ1v) is 6.78. The smallest absolute Gasteiger partial charge is 0.222 e. The first-order valence-electron chi connectivity index (χ1n) is 4.96. The van der Waals surface area contributed by atoms with Crippen LogP contribution in [-0.4, -0.2) is 41.8 Å². The second-order valence-electron chi connectivity index (χ2n) is 4.44. The molecule has 0 N–H and O–H groups in total. The number of carbonyl (C=O) groups excluding carboxylic acids is 1. The van der Waals surface area contributed by atoms with Gasteiger partial charge in [-0.25, -0.2) is 4.31 Å². The van der Waals surface area contributed by atoms with Crippen LogP contribution in [0.1, 0.15) is 19.3 Å². The highest BCUT2D eigenvalue weighted by molar-refractivity contribution is 8.67. The molecule has 0 aliphatic carbocycles. The Morgan fingerprint density at radius 3 is 2.50 bits per heavy atom. The Balaban J connectivity index is 1.97. The van der Waals surface area contributed by atoms with Crippen LogP contribution in [-0.2, 0) is 4.79 Å². The predicted molar refractivity (Wildman–Crippen MR) is 62.1 cm³/mol. The summed E-state index contributed by atoms with van der Waals surface area (Å²) in [6.07, 6.45) is 3.03. The molecule has 2 fully saturated rings. The minimum Gasteiger partial charge on any atom is -0.345 e. The van der Waals surface area contributed by atoms with Gasteiger partial charge in [0.15, 0.2) is 0 Å². The van der Waals surface area contributed by atoms with Crippen molar-refractivity contribution in [1.29, 1.82) is 0 Å². The number of rotatable bonds is 1. The molecular formula is C9H16N2OS2. The van der Waals surface area contributed by atoms with Gasteiger partial charge < -0.3 is 4.90 Å². The number of nitrogens with zero attached hydrogens (tertiary/aromatic N) is 2. The van der Waals surface area contributed by atoms with Crippen LogP contribution in [0.15, 0.2) is 0 Å². The zero-order chi connectivity index (χ0) is 10.2. The second-order valence-corrected chi connectivity index (χ2v) is 5.61. The van der Waals surface area contributed by atoms with Crippen LogP contribution in [0, 0.1) is 5.41 Å². The van der Waals surface area contributed by atoms with Crippen LogP contribution >= 0.6 is 22.6 Å². The van der Waals surface area contributed by atoms with E-state index in [1.807, 2.05) is 11.9 Å². The summed E-state index contributed by atoms with van der Waals surface area (Å²) in [6.45, 7) is 3.08. The molecule has 2 saturated heterocycles. The molecule has 0 unspecified atom stereocenters. The van der Waals surface area contributed by atoms with E-state index >= 15 is 0 Å². The Morgan fingerprint density at radius 2 is 2.07 bits per heavy atom. The summed E-state index contributed by atoms with van der Waals surface area (Å²) in [5.74, 6) is 0.317. The van der Waals surface area contributed by atoms with Crippen LogP contribution in [0.4, 0.5) is 0 Å². The Kier molecular flexibility index (Phi) is 3.00. The van der Waals surface area contributed by atoms with E-state index in [2.05, 4.69) is 16.0 Å². The summed E-state index contributed by atoms with van der Waals surface area (Å²) >= 11 is 4.20. The Morgan fingerprint density at radius 1 is 1.43 bits per heavy atom. The largest absolute Gasteiger partial charge is 0.345 e. The maximum absolute atomic E-state index is 11.5. The van der Waals surface area contributed by atoms with E-state index in [0.29, 0.717) is 5.91 Å². The number of hydrogen-bond donors (Lipinski definition) is 1. The molecule has 14 heavy (non-hydrogen) atoms. The van der Waals surface area contributed by atoms with E-state index in [-0.39, 0.29) is 5.41 Å². The molecule has 3 nitrogen and oxygen atoms in total. The highest BCUT2D eigenvalue weighted by Crippen LogP contribution is 2.41. The Bertz CT molecular complexity index is 239. The van der Waals surface area contributed by atoms with Gasteiger partial charge in [-0.3, -0.25) is 4.79 Å². The average molecular weight is 232 g/mol. The predicted octanol–water partition coefficient (Wildman–Crippen LogP) is 1.42. The molecule has 1 spiro atoms. The third kappa shape index (κ3) is 1.90. The molecule has 0 aromatic rings. The van der Waals surface area contributed by atoms with E-state index in [1.165, 1.54) is 11.0 Å². The van der Waals surface area contributed by atoms with Gasteiger partial charge in [-0.1, -0.05) is 11.7 Å². The minimum absolute atomic E-state index is 0.284. The third-order valence-electron chi connectivity index (χ3n) is 3.42. The van der Waals surface area contributed by atoms with Crippen molar-refractivity contribution in [2.45, 2.75) is 19.3 Å². The summed E-state index contributed by atoms with van der Waals surface area (Å²) in [5, 5.41) is 0. The average Bonchev–Trinajstić information content (AvgIpc) is 2.44. The van der Waals surface area contributed by atoms with Gasteiger partial charge in [-0.2, -0.15) is 0 Å². The van der Waals surface area contributed by atoms with Crippen molar-refractivity contribution >= 4 is 28.5 Å². The summed E-state index contributed by atoms with van der Waals surface area (Å²) in [7, 11) is 3.43. The molecule has 0 atom stereocenters. The fourth-order valence-electron chi connectivity index (χ4n) is 2.48. The lowest BCUT2D eigenvalue weighted by atomic mass is 9.78. The first-order chi connectivity index (χ1) is 6.65. The van der Waals surface area contributed by atoms with E-state index < -0.39 is 0 Å². The molecule has 2 rings (SSSR count). The number of amides is 1. The maximum atomic E-state index is 11.5. The number of likely N-dealkylation sites (tertiary alicyclic amines) is 1. The standard InChI is InChI=1S/C9H16N2OS2/c1-10-7-9(6-8(10)12)2-4-11(14-13)5-3-9/h13H,2-7H2,1H3. The van der Waals surface area contributed by atoms with Gasteiger partial charge >= 0.3 is 0 Å². The highest BCUT2D eigenvalue weighted by atomic mass is 33.1. The van der Waals surface area contributed by atoms with Gasteiger partial charge in [-0.15, -0.1) is 0 Å². The topological polar surface area (TPSA) is 23.6 Å². The summed E-state index contributed by atoms with van der Waals surface area (Å²) in [5.41, 5.74) is 0.284. The molecule has 0 radical (unpaired) electrons. The minimum atomic E-state index is 0.284. The van der Waals surface area contributed by atoms with Crippen molar-refractivity contribution in [3.63, 3.8) is 0 Å². The van der Waals surface area contributed by atoms with Gasteiger partial charge in [-0.05, 0) is 29.2 Å². The van der Waals surface area contributed by atoms with Crippen molar-refractivity contribution in [2.75, 3.05) is 26.7 Å². The van der Waals surface area contributed by atoms with Gasteiger partial charge in [0, 0.05) is 33.1 Å². The van der Waals surface area contributed by atoms with Crippen molar-refractivity contribution in [1.82, 2.24) is 9.21 Å². The number of piperidine rings is 1. The third-order valence-corrected chi connectivity index (χ3v) is 4.71. The van der Waals surface area contributed by atoms with Crippen molar-refractivity contribution in [3.05, 3.63) is 0 Å². The first kappa shape index (κ1) is 10.6. The van der Waals surface area contributed by atoms with E-state index in [9.17, 15) is 4.79 Å². The Labute approximate surface area is 94.1 Å². The molecule has 2 heterocycles. The van der Waals surface area contributed by atoms with Gasteiger partial charge in [0.25, 0.3) is 0 Å². The van der Waals surface area contributed by atoms with Crippen molar-refractivity contribution in [2.24, 2.45) is 5.41 Å². The molecule has 5 heteroatoms. The van der Waals surface area contributed by atoms with Crippen LogP contribution in [0.5, 0.6) is 0 Å². The van der Waals surface area contributed by atoms with Gasteiger partial charge in [0.05, 0.1) is 0 Å². The van der Waals surface area contributed by atoms with Gasteiger partial charge in [0.2, 0.25) is 5.91 Å². The molecule has 2 aliphatic rings. The lowest BCUT2D eigenvalue weighted by molar-refractivity contribution is -0.126. The highest BCUT2D eigenvalue weighted by Gasteiger charge is 2.43. The van der Waals surface area contributed by atoms with Crippen LogP contribution < -0.4 is 0 Å². The zero-order valence-corrected chi connectivity index (χ0v) is 10.1. The zero-order valence-electron chi connectivity index (χ0n) is 8.40. The van der Waals surface area contributed by atoms with Crippen LogP contribution in [0.2, 0.25) is 0 Å². The molecule has 0 aromatic carbocycles. The SMILES string of the molecule is CN1CC2(CCN(SS)CC2)CC1=O. The van der Waals surface area contributed by atoms with Crippen molar-refractivity contribution < 1.29 is 4.79 Å². The summed E-state index contributed by atoms with van der Waals surface area (Å²) in [6, 6.07) is 0. The molecule has 0 aromatic heterocycles. The molecule has 80 valence electrons. The number of carbonyl (C=O) groups is 1. The summed E-state index contributed by atoms with van der Waals surface area (Å²) in [4.78, 5) is 13.4. The lowest BCUT2D eigenvalue weighted by Gasteiger charge is -2.37. The summed E-state index contributed by atoms with van der Waals surface area (Å²) < 4.78 is 2.26. The van der Waals surface area contributed by atoms with Crippen molar-refractivity contribution in [3.8, 4) is 0 Å². The van der Waals surface area contributed by atoms with Gasteiger partial charge in [0.1, 0.15) is 0 Å². The normalized spacial score (nSPS) is 27.6.